The third-order valence-electron chi connectivity index (χ3n) is 4.58. The molecule has 1 aliphatic rings. The molecule has 0 bridgehead atoms. The summed E-state index contributed by atoms with van der Waals surface area (Å²) < 4.78 is 33.4. The van der Waals surface area contributed by atoms with Crippen LogP contribution in [0.15, 0.2) is 24.3 Å². The molecule has 30 heavy (non-hydrogen) atoms. The molecule has 2 N–H and O–H groups in total. The zero-order chi connectivity index (χ0) is 22.3. The first-order chi connectivity index (χ1) is 14.1. The quantitative estimate of drug-likeness (QED) is 0.541. The van der Waals surface area contributed by atoms with Gasteiger partial charge in [0.25, 0.3) is 11.8 Å². The van der Waals surface area contributed by atoms with Crippen molar-refractivity contribution in [3.63, 3.8) is 0 Å². The molecule has 166 valence electrons. The van der Waals surface area contributed by atoms with Crippen molar-refractivity contribution in [2.24, 2.45) is 5.92 Å². The molecule has 2 atom stereocenters. The van der Waals surface area contributed by atoms with Gasteiger partial charge < -0.3 is 20.1 Å². The van der Waals surface area contributed by atoms with Crippen molar-refractivity contribution in [2.75, 3.05) is 24.7 Å². The number of nitrogens with one attached hydrogen (secondary N) is 2. The number of ether oxygens (including phenoxy) is 2. The molecule has 9 nitrogen and oxygen atoms in total. The molecule has 1 fully saturated rings. The predicted molar refractivity (Wildman–Crippen MR) is 110 cm³/mol. The van der Waals surface area contributed by atoms with Crippen LogP contribution in [0.25, 0.3) is 0 Å². The normalized spacial score (nSPS) is 18.5. The zero-order valence-electron chi connectivity index (χ0n) is 17.3. The van der Waals surface area contributed by atoms with E-state index in [1.165, 1.54) is 0 Å². The third-order valence-corrected chi connectivity index (χ3v) is 6.35. The fraction of sp³-hybridized carbons (Fsp3) is 0.550. The van der Waals surface area contributed by atoms with E-state index >= 15 is 0 Å². The van der Waals surface area contributed by atoms with Crippen LogP contribution in [0.3, 0.4) is 0 Å². The molecule has 0 unspecified atom stereocenters. The monoisotopic (exact) mass is 440 g/mol. The summed E-state index contributed by atoms with van der Waals surface area (Å²) in [5, 5.41) is 5.18. The molecule has 1 aromatic carbocycles. The van der Waals surface area contributed by atoms with Gasteiger partial charge in [0.2, 0.25) is 0 Å². The molecule has 2 amide bonds. The standard InChI is InChI=1S/C20H28N2O7S/c1-4-28-16-8-6-5-7-15(16)19(24)22-18(13(2)3)20(25)29-11-17(23)21-14-9-10-30(26,27)12-14/h5-8,13-14,18H,4,9-12H2,1-3H3,(H,21,23)(H,22,24)/t14-,18-/m0/s1. The van der Waals surface area contributed by atoms with Gasteiger partial charge in [0.1, 0.15) is 11.8 Å². The fourth-order valence-electron chi connectivity index (χ4n) is 3.06. The van der Waals surface area contributed by atoms with E-state index in [4.69, 9.17) is 9.47 Å². The first-order valence-electron chi connectivity index (χ1n) is 9.82. The average Bonchev–Trinajstić information content (AvgIpc) is 3.02. The van der Waals surface area contributed by atoms with Gasteiger partial charge in [0.05, 0.1) is 23.7 Å². The van der Waals surface area contributed by atoms with E-state index in [1.807, 2.05) is 0 Å². The molecule has 10 heteroatoms. The second kappa shape index (κ2) is 10.4. The summed E-state index contributed by atoms with van der Waals surface area (Å²) in [5.74, 6) is -1.79. The molecule has 0 spiro atoms. The Bertz CT molecular complexity index is 883. The van der Waals surface area contributed by atoms with Gasteiger partial charge in [0.15, 0.2) is 16.4 Å². The van der Waals surface area contributed by atoms with E-state index < -0.39 is 46.3 Å². The highest BCUT2D eigenvalue weighted by molar-refractivity contribution is 7.91. The summed E-state index contributed by atoms with van der Waals surface area (Å²) >= 11 is 0. The van der Waals surface area contributed by atoms with Crippen LogP contribution in [-0.4, -0.2) is 63.0 Å². The largest absolute Gasteiger partial charge is 0.493 e. The number of esters is 1. The minimum Gasteiger partial charge on any atom is -0.493 e. The minimum atomic E-state index is -3.12. The van der Waals surface area contributed by atoms with Crippen LogP contribution in [0.4, 0.5) is 0 Å². The average molecular weight is 441 g/mol. The van der Waals surface area contributed by atoms with Crippen LogP contribution >= 0.6 is 0 Å². The molecule has 1 aliphatic heterocycles. The summed E-state index contributed by atoms with van der Waals surface area (Å²) in [5.41, 5.74) is 0.290. The van der Waals surface area contributed by atoms with Gasteiger partial charge in [-0.25, -0.2) is 13.2 Å². The van der Waals surface area contributed by atoms with Crippen molar-refractivity contribution in [1.29, 1.82) is 0 Å². The molecular weight excluding hydrogens is 412 g/mol. The van der Waals surface area contributed by atoms with Crippen molar-refractivity contribution >= 4 is 27.6 Å². The maximum absolute atomic E-state index is 12.7. The number of sulfone groups is 1. The SMILES string of the molecule is CCOc1ccccc1C(=O)N[C@H](C(=O)OCC(=O)N[C@H]1CCS(=O)(=O)C1)C(C)C. The van der Waals surface area contributed by atoms with Crippen LogP contribution in [-0.2, 0) is 24.2 Å². The van der Waals surface area contributed by atoms with Gasteiger partial charge >= 0.3 is 5.97 Å². The lowest BCUT2D eigenvalue weighted by molar-refractivity contribution is -0.151. The van der Waals surface area contributed by atoms with Gasteiger partial charge in [-0.1, -0.05) is 26.0 Å². The Labute approximate surface area is 176 Å². The van der Waals surface area contributed by atoms with E-state index in [-0.39, 0.29) is 23.0 Å². The van der Waals surface area contributed by atoms with Gasteiger partial charge in [-0.05, 0) is 31.4 Å². The number of para-hydroxylation sites is 1. The maximum Gasteiger partial charge on any atom is 0.329 e. The topological polar surface area (TPSA) is 128 Å². The lowest BCUT2D eigenvalue weighted by Crippen LogP contribution is -2.46. The molecule has 1 heterocycles. The van der Waals surface area contributed by atoms with Crippen LogP contribution in [0.1, 0.15) is 37.6 Å². The highest BCUT2D eigenvalue weighted by atomic mass is 32.2. The number of hydrogen-bond acceptors (Lipinski definition) is 7. The van der Waals surface area contributed by atoms with E-state index in [0.717, 1.165) is 0 Å². The minimum absolute atomic E-state index is 0.0302. The summed E-state index contributed by atoms with van der Waals surface area (Å²) in [6.07, 6.45) is 0.339. The molecule has 2 rings (SSSR count). The molecule has 0 saturated carbocycles. The highest BCUT2D eigenvalue weighted by Gasteiger charge is 2.30. The first kappa shape index (κ1) is 23.7. The second-order valence-corrected chi connectivity index (χ2v) is 9.63. The summed E-state index contributed by atoms with van der Waals surface area (Å²) in [6.45, 7) is 5.12. The van der Waals surface area contributed by atoms with E-state index in [0.29, 0.717) is 18.8 Å². The summed E-state index contributed by atoms with van der Waals surface area (Å²) in [7, 11) is -3.12. The molecule has 0 aliphatic carbocycles. The van der Waals surface area contributed by atoms with E-state index in [9.17, 15) is 22.8 Å². The maximum atomic E-state index is 12.7. The molecule has 0 radical (unpaired) electrons. The first-order valence-corrected chi connectivity index (χ1v) is 11.6. The van der Waals surface area contributed by atoms with E-state index in [1.54, 1.807) is 45.0 Å². The summed E-state index contributed by atoms with van der Waals surface area (Å²) in [6, 6.07) is 5.24. The Kier molecular flexibility index (Phi) is 8.22. The van der Waals surface area contributed by atoms with Crippen LogP contribution in [0.2, 0.25) is 0 Å². The predicted octanol–water partition coefficient (Wildman–Crippen LogP) is 0.686. The molecular formula is C20H28N2O7S. The number of carbonyl (C=O) groups is 3. The van der Waals surface area contributed by atoms with Crippen LogP contribution in [0, 0.1) is 5.92 Å². The fourth-order valence-corrected chi connectivity index (χ4v) is 4.73. The Morgan fingerprint density at radius 3 is 2.50 bits per heavy atom. The number of hydrogen-bond donors (Lipinski definition) is 2. The molecule has 1 saturated heterocycles. The Hall–Kier alpha value is -2.62. The van der Waals surface area contributed by atoms with E-state index in [2.05, 4.69) is 10.6 Å². The van der Waals surface area contributed by atoms with Crippen molar-refractivity contribution in [3.8, 4) is 5.75 Å². The van der Waals surface area contributed by atoms with Crippen molar-refractivity contribution in [3.05, 3.63) is 29.8 Å². The zero-order valence-corrected chi connectivity index (χ0v) is 18.2. The number of benzene rings is 1. The highest BCUT2D eigenvalue weighted by Crippen LogP contribution is 2.18. The Morgan fingerprint density at radius 1 is 1.20 bits per heavy atom. The number of amides is 2. The summed E-state index contributed by atoms with van der Waals surface area (Å²) in [4.78, 5) is 37.1. The van der Waals surface area contributed by atoms with Crippen LogP contribution < -0.4 is 15.4 Å². The lowest BCUT2D eigenvalue weighted by Gasteiger charge is -2.21. The number of rotatable bonds is 9. The third kappa shape index (κ3) is 6.72. The molecule has 1 aromatic rings. The molecule has 0 aromatic heterocycles. The Morgan fingerprint density at radius 2 is 1.90 bits per heavy atom. The van der Waals surface area contributed by atoms with Gasteiger partial charge in [-0.15, -0.1) is 0 Å². The van der Waals surface area contributed by atoms with Crippen LogP contribution in [0.5, 0.6) is 5.75 Å². The van der Waals surface area contributed by atoms with Crippen molar-refractivity contribution < 1.29 is 32.3 Å². The lowest BCUT2D eigenvalue weighted by atomic mass is 10.0. The smallest absolute Gasteiger partial charge is 0.329 e. The van der Waals surface area contributed by atoms with Crippen molar-refractivity contribution in [2.45, 2.75) is 39.3 Å². The number of carbonyl (C=O) groups excluding carboxylic acids is 3. The second-order valence-electron chi connectivity index (χ2n) is 7.40. The Balaban J connectivity index is 1.93. The van der Waals surface area contributed by atoms with Crippen molar-refractivity contribution in [1.82, 2.24) is 10.6 Å². The van der Waals surface area contributed by atoms with Gasteiger partial charge in [-0.3, -0.25) is 9.59 Å². The van der Waals surface area contributed by atoms with Gasteiger partial charge in [-0.2, -0.15) is 0 Å². The van der Waals surface area contributed by atoms with Gasteiger partial charge in [0, 0.05) is 6.04 Å².